The summed E-state index contributed by atoms with van der Waals surface area (Å²) >= 11 is 0. The van der Waals surface area contributed by atoms with Crippen LogP contribution < -0.4 is 11.1 Å². The van der Waals surface area contributed by atoms with Gasteiger partial charge in [0.1, 0.15) is 5.65 Å². The number of fused-ring (bicyclic) bond motifs is 1. The molecule has 3 N–H and O–H groups in total. The van der Waals surface area contributed by atoms with Crippen LogP contribution in [0.2, 0.25) is 0 Å². The Hall–Kier alpha value is -1.88. The minimum atomic E-state index is 0.0375. The van der Waals surface area contributed by atoms with Gasteiger partial charge in [0, 0.05) is 37.6 Å². The molecule has 1 amide bonds. The van der Waals surface area contributed by atoms with Crippen molar-refractivity contribution in [1.82, 2.24) is 14.7 Å². The molecule has 5 nitrogen and oxygen atoms in total. The van der Waals surface area contributed by atoms with Crippen molar-refractivity contribution in [2.75, 3.05) is 0 Å². The second kappa shape index (κ2) is 5.64. The maximum absolute atomic E-state index is 11.5. The third-order valence-corrected chi connectivity index (χ3v) is 2.78. The lowest BCUT2D eigenvalue weighted by Crippen LogP contribution is -2.25. The summed E-state index contributed by atoms with van der Waals surface area (Å²) in [5, 5.41) is 2.88. The Bertz CT molecular complexity index is 533. The summed E-state index contributed by atoms with van der Waals surface area (Å²) in [5.74, 6) is 0.0375. The third kappa shape index (κ3) is 3.30. The molecule has 1 unspecified atom stereocenters. The second-order valence-corrected chi connectivity index (χ2v) is 4.52. The molecule has 5 heteroatoms. The van der Waals surface area contributed by atoms with E-state index < -0.39 is 0 Å². The van der Waals surface area contributed by atoms with Gasteiger partial charge in [0.2, 0.25) is 5.91 Å². The summed E-state index contributed by atoms with van der Waals surface area (Å²) in [7, 11) is 0. The van der Waals surface area contributed by atoms with Gasteiger partial charge in [-0.05, 0) is 31.0 Å². The molecule has 0 aliphatic rings. The van der Waals surface area contributed by atoms with Crippen LogP contribution in [0.15, 0.2) is 30.7 Å². The lowest BCUT2D eigenvalue weighted by molar-refractivity contribution is -0.121. The van der Waals surface area contributed by atoms with Crippen molar-refractivity contribution in [3.05, 3.63) is 36.3 Å². The SMILES string of the molecule is CC(N)CCC(=O)NCc1ccn2ccnc2c1. The monoisotopic (exact) mass is 246 g/mol. The van der Waals surface area contributed by atoms with Crippen molar-refractivity contribution in [3.8, 4) is 0 Å². The maximum atomic E-state index is 11.5. The van der Waals surface area contributed by atoms with E-state index in [1.54, 1.807) is 6.20 Å². The van der Waals surface area contributed by atoms with E-state index in [-0.39, 0.29) is 11.9 Å². The molecule has 0 fully saturated rings. The van der Waals surface area contributed by atoms with Crippen LogP contribution in [-0.4, -0.2) is 21.3 Å². The van der Waals surface area contributed by atoms with Gasteiger partial charge in [0.15, 0.2) is 0 Å². The van der Waals surface area contributed by atoms with Gasteiger partial charge in [-0.3, -0.25) is 4.79 Å². The Morgan fingerprint density at radius 2 is 2.39 bits per heavy atom. The minimum absolute atomic E-state index is 0.0375. The molecule has 2 aromatic heterocycles. The maximum Gasteiger partial charge on any atom is 0.220 e. The first-order valence-electron chi connectivity index (χ1n) is 6.09. The number of imidazole rings is 1. The first-order valence-corrected chi connectivity index (χ1v) is 6.09. The largest absolute Gasteiger partial charge is 0.352 e. The van der Waals surface area contributed by atoms with Crippen molar-refractivity contribution in [1.29, 1.82) is 0 Å². The van der Waals surface area contributed by atoms with E-state index in [0.717, 1.165) is 11.2 Å². The topological polar surface area (TPSA) is 72.4 Å². The minimum Gasteiger partial charge on any atom is -0.352 e. The number of nitrogens with zero attached hydrogens (tertiary/aromatic N) is 2. The normalized spacial score (nSPS) is 12.6. The molecule has 0 aliphatic carbocycles. The number of amides is 1. The number of carbonyl (C=O) groups is 1. The Labute approximate surface area is 106 Å². The average molecular weight is 246 g/mol. The number of aromatic nitrogens is 2. The van der Waals surface area contributed by atoms with Crippen LogP contribution in [0.4, 0.5) is 0 Å². The molecule has 0 aliphatic heterocycles. The first kappa shape index (κ1) is 12.6. The smallest absolute Gasteiger partial charge is 0.220 e. The predicted molar refractivity (Wildman–Crippen MR) is 69.9 cm³/mol. The second-order valence-electron chi connectivity index (χ2n) is 4.52. The van der Waals surface area contributed by atoms with Crippen LogP contribution in [-0.2, 0) is 11.3 Å². The van der Waals surface area contributed by atoms with Crippen LogP contribution in [0.5, 0.6) is 0 Å². The number of hydrogen-bond acceptors (Lipinski definition) is 3. The summed E-state index contributed by atoms with van der Waals surface area (Å²) in [6.07, 6.45) is 6.76. The highest BCUT2D eigenvalue weighted by Crippen LogP contribution is 2.05. The molecular weight excluding hydrogens is 228 g/mol. The Kier molecular flexibility index (Phi) is 3.94. The van der Waals surface area contributed by atoms with Gasteiger partial charge < -0.3 is 15.5 Å². The fourth-order valence-corrected chi connectivity index (χ4v) is 1.71. The van der Waals surface area contributed by atoms with E-state index in [1.165, 1.54) is 0 Å². The molecule has 2 heterocycles. The fourth-order valence-electron chi connectivity index (χ4n) is 1.71. The molecule has 1 atom stereocenters. The highest BCUT2D eigenvalue weighted by atomic mass is 16.1. The summed E-state index contributed by atoms with van der Waals surface area (Å²) < 4.78 is 1.93. The predicted octanol–water partition coefficient (Wildman–Crippen LogP) is 1.08. The van der Waals surface area contributed by atoms with Gasteiger partial charge in [0.05, 0.1) is 0 Å². The number of rotatable bonds is 5. The number of hydrogen-bond donors (Lipinski definition) is 2. The van der Waals surface area contributed by atoms with E-state index >= 15 is 0 Å². The van der Waals surface area contributed by atoms with Crippen LogP contribution in [0.3, 0.4) is 0 Å². The number of nitrogens with one attached hydrogen (secondary N) is 1. The zero-order valence-electron chi connectivity index (χ0n) is 10.5. The zero-order chi connectivity index (χ0) is 13.0. The van der Waals surface area contributed by atoms with Gasteiger partial charge >= 0.3 is 0 Å². The average Bonchev–Trinajstić information content (AvgIpc) is 2.81. The van der Waals surface area contributed by atoms with Gasteiger partial charge in [-0.2, -0.15) is 0 Å². The van der Waals surface area contributed by atoms with Crippen molar-refractivity contribution >= 4 is 11.6 Å². The Morgan fingerprint density at radius 3 is 3.17 bits per heavy atom. The molecule has 2 rings (SSSR count). The molecule has 2 aromatic rings. The Balaban J connectivity index is 1.87. The molecular formula is C13H18N4O. The van der Waals surface area contributed by atoms with Crippen LogP contribution in [0.1, 0.15) is 25.3 Å². The lowest BCUT2D eigenvalue weighted by Gasteiger charge is -2.07. The van der Waals surface area contributed by atoms with Crippen molar-refractivity contribution in [2.24, 2.45) is 5.73 Å². The van der Waals surface area contributed by atoms with E-state index in [4.69, 9.17) is 5.73 Å². The van der Waals surface area contributed by atoms with Gasteiger partial charge in [-0.15, -0.1) is 0 Å². The van der Waals surface area contributed by atoms with Crippen molar-refractivity contribution < 1.29 is 4.79 Å². The quantitative estimate of drug-likeness (QED) is 0.829. The van der Waals surface area contributed by atoms with Crippen molar-refractivity contribution in [3.63, 3.8) is 0 Å². The zero-order valence-corrected chi connectivity index (χ0v) is 10.5. The first-order chi connectivity index (χ1) is 8.65. The highest BCUT2D eigenvalue weighted by Gasteiger charge is 2.04. The summed E-state index contributed by atoms with van der Waals surface area (Å²) in [5.41, 5.74) is 7.54. The van der Waals surface area contributed by atoms with E-state index in [0.29, 0.717) is 19.4 Å². The molecule has 0 bridgehead atoms. The van der Waals surface area contributed by atoms with E-state index in [2.05, 4.69) is 10.3 Å². The molecule has 0 radical (unpaired) electrons. The molecule has 0 aromatic carbocycles. The van der Waals surface area contributed by atoms with E-state index in [9.17, 15) is 4.79 Å². The summed E-state index contributed by atoms with van der Waals surface area (Å²) in [4.78, 5) is 15.7. The molecule has 0 saturated heterocycles. The summed E-state index contributed by atoms with van der Waals surface area (Å²) in [6.45, 7) is 2.43. The molecule has 18 heavy (non-hydrogen) atoms. The molecule has 0 spiro atoms. The van der Waals surface area contributed by atoms with Crippen LogP contribution >= 0.6 is 0 Å². The van der Waals surface area contributed by atoms with Crippen LogP contribution in [0, 0.1) is 0 Å². The Morgan fingerprint density at radius 1 is 1.56 bits per heavy atom. The number of nitrogens with two attached hydrogens (primary N) is 1. The molecule has 96 valence electrons. The fraction of sp³-hybridized carbons (Fsp3) is 0.385. The summed E-state index contributed by atoms with van der Waals surface area (Å²) in [6, 6.07) is 4.00. The van der Waals surface area contributed by atoms with Gasteiger partial charge in [-0.25, -0.2) is 4.98 Å². The van der Waals surface area contributed by atoms with E-state index in [1.807, 2.05) is 35.9 Å². The van der Waals surface area contributed by atoms with Crippen molar-refractivity contribution in [2.45, 2.75) is 32.4 Å². The number of pyridine rings is 1. The lowest BCUT2D eigenvalue weighted by atomic mass is 10.2. The van der Waals surface area contributed by atoms with Gasteiger partial charge in [0.25, 0.3) is 0 Å². The van der Waals surface area contributed by atoms with Gasteiger partial charge in [-0.1, -0.05) is 0 Å². The van der Waals surface area contributed by atoms with Crippen LogP contribution in [0.25, 0.3) is 5.65 Å². The molecule has 0 saturated carbocycles. The highest BCUT2D eigenvalue weighted by molar-refractivity contribution is 5.75. The third-order valence-electron chi connectivity index (χ3n) is 2.78. The standard InChI is InChI=1S/C13H18N4O/c1-10(14)2-3-13(18)16-9-11-4-6-17-7-5-15-12(17)8-11/h4-8,10H,2-3,9,14H2,1H3,(H,16,18). The number of carbonyl (C=O) groups excluding carboxylic acids is 1.